The van der Waals surface area contributed by atoms with E-state index in [1.807, 2.05) is 38.1 Å². The second-order valence-electron chi connectivity index (χ2n) is 6.90. The lowest BCUT2D eigenvalue weighted by Crippen LogP contribution is -2.40. The van der Waals surface area contributed by atoms with Gasteiger partial charge in [0.05, 0.1) is 19.1 Å². The van der Waals surface area contributed by atoms with E-state index in [0.29, 0.717) is 13.0 Å². The number of rotatable bonds is 5. The van der Waals surface area contributed by atoms with Gasteiger partial charge in [-0.2, -0.15) is 0 Å². The first-order valence-electron chi connectivity index (χ1n) is 7.71. The van der Waals surface area contributed by atoms with Gasteiger partial charge in [-0.05, 0) is 41.9 Å². The summed E-state index contributed by atoms with van der Waals surface area (Å²) in [5.41, 5.74) is -0.159. The Kier molecular flexibility index (Phi) is 3.60. The van der Waals surface area contributed by atoms with Crippen LogP contribution >= 0.6 is 0 Å². The Morgan fingerprint density at radius 2 is 1.95 bits per heavy atom. The van der Waals surface area contributed by atoms with E-state index >= 15 is 0 Å². The molecular formula is C18H22O4. The minimum Gasteiger partial charge on any atom is -0.497 e. The van der Waals surface area contributed by atoms with Crippen LogP contribution in [0.5, 0.6) is 5.75 Å². The fourth-order valence-corrected chi connectivity index (χ4v) is 4.17. The SMILES string of the molecule is COc1ccc(CO[C@H]2C(=O)[C@@]3(C=O)CC[C@H]2C3(C)C)cc1. The molecule has 0 N–H and O–H groups in total. The van der Waals surface area contributed by atoms with Crippen LogP contribution in [0.25, 0.3) is 0 Å². The fourth-order valence-electron chi connectivity index (χ4n) is 4.17. The first-order chi connectivity index (χ1) is 10.5. The van der Waals surface area contributed by atoms with E-state index in [0.717, 1.165) is 24.0 Å². The summed E-state index contributed by atoms with van der Waals surface area (Å²) >= 11 is 0. The molecule has 2 bridgehead atoms. The lowest BCUT2D eigenvalue weighted by atomic mass is 9.70. The Bertz CT molecular complexity index is 590. The molecule has 0 saturated heterocycles. The van der Waals surface area contributed by atoms with E-state index in [1.54, 1.807) is 7.11 Å². The van der Waals surface area contributed by atoms with Gasteiger partial charge >= 0.3 is 0 Å². The van der Waals surface area contributed by atoms with Gasteiger partial charge in [-0.25, -0.2) is 0 Å². The third-order valence-corrected chi connectivity index (χ3v) is 5.78. The van der Waals surface area contributed by atoms with E-state index in [-0.39, 0.29) is 17.1 Å². The number of ketones is 1. The quantitative estimate of drug-likeness (QED) is 0.620. The summed E-state index contributed by atoms with van der Waals surface area (Å²) in [5.74, 6) is 0.890. The van der Waals surface area contributed by atoms with Crippen LogP contribution < -0.4 is 4.74 Å². The monoisotopic (exact) mass is 302 g/mol. The lowest BCUT2D eigenvalue weighted by molar-refractivity contribution is -0.143. The van der Waals surface area contributed by atoms with Crippen LogP contribution in [0.1, 0.15) is 32.3 Å². The summed E-state index contributed by atoms with van der Waals surface area (Å²) in [6.45, 7) is 4.42. The summed E-state index contributed by atoms with van der Waals surface area (Å²) in [6.07, 6.45) is 1.95. The molecule has 0 aromatic heterocycles. The average Bonchev–Trinajstić information content (AvgIpc) is 2.87. The van der Waals surface area contributed by atoms with Crippen LogP contribution in [0.15, 0.2) is 24.3 Å². The number of carbonyl (C=O) groups excluding carboxylic acids is 2. The van der Waals surface area contributed by atoms with Crippen molar-refractivity contribution in [2.75, 3.05) is 7.11 Å². The fraction of sp³-hybridized carbons (Fsp3) is 0.556. The van der Waals surface area contributed by atoms with Crippen molar-refractivity contribution in [3.8, 4) is 5.75 Å². The van der Waals surface area contributed by atoms with Crippen molar-refractivity contribution >= 4 is 12.1 Å². The average molecular weight is 302 g/mol. The number of aldehydes is 1. The van der Waals surface area contributed by atoms with Crippen molar-refractivity contribution < 1.29 is 19.1 Å². The van der Waals surface area contributed by atoms with Crippen LogP contribution in [0.3, 0.4) is 0 Å². The van der Waals surface area contributed by atoms with Gasteiger partial charge in [0, 0.05) is 0 Å². The number of hydrogen-bond acceptors (Lipinski definition) is 4. The molecule has 4 nitrogen and oxygen atoms in total. The van der Waals surface area contributed by atoms with Gasteiger partial charge in [-0.1, -0.05) is 26.0 Å². The molecule has 2 fully saturated rings. The maximum absolute atomic E-state index is 12.7. The Balaban J connectivity index is 1.74. The van der Waals surface area contributed by atoms with Crippen molar-refractivity contribution in [2.24, 2.45) is 16.7 Å². The largest absolute Gasteiger partial charge is 0.497 e. The molecule has 0 aliphatic heterocycles. The third kappa shape index (κ3) is 1.93. The van der Waals surface area contributed by atoms with Crippen LogP contribution in [-0.2, 0) is 20.9 Å². The standard InChI is InChI=1S/C18H22O4/c1-17(2)14-8-9-18(17,11-19)16(20)15(14)22-10-12-4-6-13(21-3)7-5-12/h4-7,11,14-15H,8-10H2,1-3H3/t14-,15-,18+/m1/s1. The first kappa shape index (κ1) is 15.2. The number of Topliss-reactive ketones (excluding diaryl/α,β-unsaturated/α-hetero) is 1. The minimum absolute atomic E-state index is 0.0303. The number of methoxy groups -OCH3 is 1. The van der Waals surface area contributed by atoms with Gasteiger partial charge in [0.15, 0.2) is 5.78 Å². The van der Waals surface area contributed by atoms with Crippen molar-refractivity contribution in [1.29, 1.82) is 0 Å². The maximum Gasteiger partial charge on any atom is 0.175 e. The highest BCUT2D eigenvalue weighted by Gasteiger charge is 2.69. The first-order valence-corrected chi connectivity index (χ1v) is 7.71. The summed E-state index contributed by atoms with van der Waals surface area (Å²) in [7, 11) is 1.63. The molecule has 3 rings (SSSR count). The topological polar surface area (TPSA) is 52.6 Å². The minimum atomic E-state index is -0.845. The van der Waals surface area contributed by atoms with E-state index in [9.17, 15) is 9.59 Å². The predicted molar refractivity (Wildman–Crippen MR) is 81.6 cm³/mol. The highest BCUT2D eigenvalue weighted by molar-refractivity contribution is 6.05. The van der Waals surface area contributed by atoms with Crippen LogP contribution in [0, 0.1) is 16.7 Å². The van der Waals surface area contributed by atoms with Gasteiger partial charge in [-0.3, -0.25) is 4.79 Å². The third-order valence-electron chi connectivity index (χ3n) is 5.78. The molecule has 2 aliphatic rings. The van der Waals surface area contributed by atoms with Gasteiger partial charge in [0.25, 0.3) is 0 Å². The molecule has 22 heavy (non-hydrogen) atoms. The van der Waals surface area contributed by atoms with Gasteiger partial charge in [0.2, 0.25) is 0 Å². The molecule has 2 aliphatic carbocycles. The molecule has 118 valence electrons. The molecule has 2 saturated carbocycles. The number of hydrogen-bond donors (Lipinski definition) is 0. The molecule has 0 amide bonds. The predicted octanol–water partition coefficient (Wildman–Crippen LogP) is 2.78. The Morgan fingerprint density at radius 3 is 2.50 bits per heavy atom. The van der Waals surface area contributed by atoms with Crippen molar-refractivity contribution in [3.63, 3.8) is 0 Å². The summed E-state index contributed by atoms with van der Waals surface area (Å²) in [6, 6.07) is 7.60. The second kappa shape index (κ2) is 5.20. The normalized spacial score (nSPS) is 32.2. The number of ether oxygens (including phenoxy) is 2. The van der Waals surface area contributed by atoms with E-state index in [2.05, 4.69) is 0 Å². The molecule has 1 aromatic carbocycles. The van der Waals surface area contributed by atoms with Crippen LogP contribution in [0.4, 0.5) is 0 Å². The molecule has 0 heterocycles. The van der Waals surface area contributed by atoms with Crippen LogP contribution in [-0.4, -0.2) is 25.3 Å². The second-order valence-corrected chi connectivity index (χ2v) is 6.90. The van der Waals surface area contributed by atoms with E-state index < -0.39 is 11.5 Å². The molecule has 4 heteroatoms. The molecular weight excluding hydrogens is 280 g/mol. The van der Waals surface area contributed by atoms with Crippen molar-refractivity contribution in [2.45, 2.75) is 39.4 Å². The Labute approximate surface area is 130 Å². The van der Waals surface area contributed by atoms with Crippen molar-refractivity contribution in [3.05, 3.63) is 29.8 Å². The zero-order valence-electron chi connectivity index (χ0n) is 13.3. The molecule has 1 aromatic rings. The molecule has 0 spiro atoms. The Morgan fingerprint density at radius 1 is 1.27 bits per heavy atom. The zero-order chi connectivity index (χ0) is 16.0. The smallest absolute Gasteiger partial charge is 0.175 e. The van der Waals surface area contributed by atoms with Crippen molar-refractivity contribution in [1.82, 2.24) is 0 Å². The zero-order valence-corrected chi connectivity index (χ0v) is 13.3. The van der Waals surface area contributed by atoms with Gasteiger partial charge < -0.3 is 14.3 Å². The number of fused-ring (bicyclic) bond motifs is 2. The lowest BCUT2D eigenvalue weighted by Gasteiger charge is -2.30. The van der Waals surface area contributed by atoms with E-state index in [4.69, 9.17) is 9.47 Å². The summed E-state index contributed by atoms with van der Waals surface area (Å²) in [5, 5.41) is 0. The highest BCUT2D eigenvalue weighted by atomic mass is 16.5. The Hall–Kier alpha value is -1.68. The highest BCUT2D eigenvalue weighted by Crippen LogP contribution is 2.63. The van der Waals surface area contributed by atoms with Gasteiger partial charge in [-0.15, -0.1) is 0 Å². The number of benzene rings is 1. The molecule has 0 unspecified atom stereocenters. The summed E-state index contributed by atoms with van der Waals surface area (Å²) < 4.78 is 11.0. The number of carbonyl (C=O) groups is 2. The van der Waals surface area contributed by atoms with Gasteiger partial charge in [0.1, 0.15) is 18.1 Å². The molecule has 3 atom stereocenters. The maximum atomic E-state index is 12.7. The van der Waals surface area contributed by atoms with E-state index in [1.165, 1.54) is 0 Å². The summed E-state index contributed by atoms with van der Waals surface area (Å²) in [4.78, 5) is 24.3. The molecule has 0 radical (unpaired) electrons. The van der Waals surface area contributed by atoms with Crippen LogP contribution in [0.2, 0.25) is 0 Å².